The van der Waals surface area contributed by atoms with Gasteiger partial charge >= 0.3 is 0 Å². The van der Waals surface area contributed by atoms with Crippen molar-refractivity contribution in [1.82, 2.24) is 4.98 Å². The molecule has 0 saturated carbocycles. The lowest BCUT2D eigenvalue weighted by Gasteiger charge is -2.18. The summed E-state index contributed by atoms with van der Waals surface area (Å²) in [5.41, 5.74) is 6.30. The fourth-order valence-corrected chi connectivity index (χ4v) is 4.01. The molecule has 144 valence electrons. The van der Waals surface area contributed by atoms with E-state index in [0.29, 0.717) is 0 Å². The zero-order chi connectivity index (χ0) is 20.3. The number of hydrogen-bond acceptors (Lipinski definition) is 2. The fraction of sp³-hybridized carbons (Fsp3) is 0.0357. The molecule has 4 aromatic carbocycles. The SMILES string of the molecule is COc1ccccc1-c1nc(-c2ccccc2)c(-c2ccccc2)c2ccccc12. The van der Waals surface area contributed by atoms with Gasteiger partial charge in [0.15, 0.2) is 0 Å². The van der Waals surface area contributed by atoms with Gasteiger partial charge in [-0.15, -0.1) is 0 Å². The number of fused-ring (bicyclic) bond motifs is 1. The van der Waals surface area contributed by atoms with Crippen molar-refractivity contribution >= 4 is 10.8 Å². The summed E-state index contributed by atoms with van der Waals surface area (Å²) < 4.78 is 5.67. The number of ether oxygens (including phenoxy) is 1. The third-order valence-corrected chi connectivity index (χ3v) is 5.38. The van der Waals surface area contributed by atoms with E-state index in [0.717, 1.165) is 44.8 Å². The van der Waals surface area contributed by atoms with Crippen molar-refractivity contribution in [2.75, 3.05) is 7.11 Å². The topological polar surface area (TPSA) is 22.1 Å². The number of benzene rings is 4. The molecule has 0 saturated heterocycles. The molecule has 2 nitrogen and oxygen atoms in total. The van der Waals surface area contributed by atoms with Crippen molar-refractivity contribution in [3.05, 3.63) is 109 Å². The number of rotatable bonds is 4. The summed E-state index contributed by atoms with van der Waals surface area (Å²) in [6, 6.07) is 37.5. The average Bonchev–Trinajstić information content (AvgIpc) is 2.84. The summed E-state index contributed by atoms with van der Waals surface area (Å²) in [5.74, 6) is 0.821. The molecule has 0 aliphatic heterocycles. The maximum Gasteiger partial charge on any atom is 0.128 e. The first-order valence-electron chi connectivity index (χ1n) is 10.0. The van der Waals surface area contributed by atoms with Gasteiger partial charge in [0.05, 0.1) is 18.5 Å². The lowest BCUT2D eigenvalue weighted by Crippen LogP contribution is -1.97. The molecule has 0 bridgehead atoms. The second-order valence-corrected chi connectivity index (χ2v) is 7.16. The smallest absolute Gasteiger partial charge is 0.128 e. The molecule has 0 radical (unpaired) electrons. The molecule has 2 heteroatoms. The van der Waals surface area contributed by atoms with Gasteiger partial charge in [0, 0.05) is 22.1 Å². The van der Waals surface area contributed by atoms with E-state index in [9.17, 15) is 0 Å². The minimum Gasteiger partial charge on any atom is -0.496 e. The van der Waals surface area contributed by atoms with Crippen LogP contribution < -0.4 is 4.74 Å². The standard InChI is InChI=1S/C28H21NO/c1-30-25-19-11-10-18-24(25)28-23-17-9-8-16-22(23)26(20-12-4-2-5-13-20)27(29-28)21-14-6-3-7-15-21/h2-19H,1H3. The molecule has 0 amide bonds. The molecule has 0 fully saturated rings. The molecule has 0 atom stereocenters. The van der Waals surface area contributed by atoms with Crippen LogP contribution in [0.5, 0.6) is 5.75 Å². The Balaban J connectivity index is 1.93. The Hall–Kier alpha value is -3.91. The van der Waals surface area contributed by atoms with Gasteiger partial charge in [-0.05, 0) is 23.1 Å². The Bertz CT molecular complexity index is 1310. The van der Waals surface area contributed by atoms with E-state index >= 15 is 0 Å². The van der Waals surface area contributed by atoms with E-state index in [4.69, 9.17) is 9.72 Å². The highest BCUT2D eigenvalue weighted by atomic mass is 16.5. The van der Waals surface area contributed by atoms with Gasteiger partial charge in [-0.2, -0.15) is 0 Å². The van der Waals surface area contributed by atoms with E-state index in [1.165, 1.54) is 5.39 Å². The summed E-state index contributed by atoms with van der Waals surface area (Å²) in [6.07, 6.45) is 0. The molecule has 30 heavy (non-hydrogen) atoms. The highest BCUT2D eigenvalue weighted by Crippen LogP contribution is 2.42. The van der Waals surface area contributed by atoms with Crippen LogP contribution in [0.1, 0.15) is 0 Å². The minimum absolute atomic E-state index is 0.821. The second kappa shape index (κ2) is 7.84. The normalized spacial score (nSPS) is 10.8. The van der Waals surface area contributed by atoms with Gasteiger partial charge in [0.1, 0.15) is 5.75 Å². The Morgan fingerprint density at radius 2 is 1.10 bits per heavy atom. The molecule has 5 rings (SSSR count). The van der Waals surface area contributed by atoms with Gasteiger partial charge < -0.3 is 4.74 Å². The molecule has 0 aliphatic rings. The lowest BCUT2D eigenvalue weighted by atomic mass is 9.91. The monoisotopic (exact) mass is 387 g/mol. The third kappa shape index (κ3) is 3.13. The number of para-hydroxylation sites is 1. The summed E-state index contributed by atoms with van der Waals surface area (Å²) in [6.45, 7) is 0. The maximum atomic E-state index is 5.67. The molecular formula is C28H21NO. The zero-order valence-corrected chi connectivity index (χ0v) is 16.7. The number of hydrogen-bond donors (Lipinski definition) is 0. The van der Waals surface area contributed by atoms with Gasteiger partial charge in [-0.3, -0.25) is 0 Å². The van der Waals surface area contributed by atoms with Crippen LogP contribution in [-0.2, 0) is 0 Å². The Morgan fingerprint density at radius 1 is 0.533 bits per heavy atom. The molecular weight excluding hydrogens is 366 g/mol. The van der Waals surface area contributed by atoms with Crippen LogP contribution in [0.2, 0.25) is 0 Å². The van der Waals surface area contributed by atoms with Gasteiger partial charge in [-0.1, -0.05) is 97.1 Å². The number of aromatic nitrogens is 1. The van der Waals surface area contributed by atoms with Crippen molar-refractivity contribution in [2.45, 2.75) is 0 Å². The molecule has 0 aliphatic carbocycles. The number of nitrogens with zero attached hydrogens (tertiary/aromatic N) is 1. The summed E-state index contributed by atoms with van der Waals surface area (Å²) in [5, 5.41) is 2.29. The van der Waals surface area contributed by atoms with Crippen molar-refractivity contribution in [3.8, 4) is 39.4 Å². The van der Waals surface area contributed by atoms with E-state index in [-0.39, 0.29) is 0 Å². The molecule has 1 aromatic heterocycles. The van der Waals surface area contributed by atoms with E-state index < -0.39 is 0 Å². The highest BCUT2D eigenvalue weighted by Gasteiger charge is 2.19. The molecule has 1 heterocycles. The fourth-order valence-electron chi connectivity index (χ4n) is 4.01. The molecule has 0 N–H and O–H groups in total. The van der Waals surface area contributed by atoms with Crippen LogP contribution in [0.25, 0.3) is 44.4 Å². The first kappa shape index (κ1) is 18.1. The summed E-state index contributed by atoms with van der Waals surface area (Å²) in [7, 11) is 1.71. The van der Waals surface area contributed by atoms with Gasteiger partial charge in [-0.25, -0.2) is 4.98 Å². The largest absolute Gasteiger partial charge is 0.496 e. The van der Waals surface area contributed by atoms with Crippen molar-refractivity contribution in [3.63, 3.8) is 0 Å². The Kier molecular flexibility index (Phi) is 4.74. The quantitative estimate of drug-likeness (QED) is 0.324. The predicted molar refractivity (Wildman–Crippen MR) is 125 cm³/mol. The Labute approximate surface area is 176 Å². The minimum atomic E-state index is 0.821. The van der Waals surface area contributed by atoms with Crippen LogP contribution in [0, 0.1) is 0 Å². The van der Waals surface area contributed by atoms with Crippen LogP contribution in [0.4, 0.5) is 0 Å². The average molecular weight is 387 g/mol. The van der Waals surface area contributed by atoms with E-state index in [1.54, 1.807) is 7.11 Å². The summed E-state index contributed by atoms with van der Waals surface area (Å²) in [4.78, 5) is 5.25. The molecule has 5 aromatic rings. The van der Waals surface area contributed by atoms with Crippen molar-refractivity contribution < 1.29 is 4.74 Å². The van der Waals surface area contributed by atoms with Crippen LogP contribution in [0.15, 0.2) is 109 Å². The highest BCUT2D eigenvalue weighted by molar-refractivity contribution is 6.08. The van der Waals surface area contributed by atoms with Crippen LogP contribution in [-0.4, -0.2) is 12.1 Å². The van der Waals surface area contributed by atoms with Crippen molar-refractivity contribution in [2.24, 2.45) is 0 Å². The first-order valence-corrected chi connectivity index (χ1v) is 10.0. The van der Waals surface area contributed by atoms with E-state index in [1.807, 2.05) is 30.3 Å². The van der Waals surface area contributed by atoms with Crippen molar-refractivity contribution in [1.29, 1.82) is 0 Å². The second-order valence-electron chi connectivity index (χ2n) is 7.16. The van der Waals surface area contributed by atoms with E-state index in [2.05, 4.69) is 78.9 Å². The maximum absolute atomic E-state index is 5.67. The third-order valence-electron chi connectivity index (χ3n) is 5.38. The number of pyridine rings is 1. The predicted octanol–water partition coefficient (Wildman–Crippen LogP) is 7.24. The van der Waals surface area contributed by atoms with Gasteiger partial charge in [0.25, 0.3) is 0 Å². The van der Waals surface area contributed by atoms with Crippen LogP contribution >= 0.6 is 0 Å². The lowest BCUT2D eigenvalue weighted by molar-refractivity contribution is 0.416. The molecule has 0 unspecified atom stereocenters. The number of methoxy groups -OCH3 is 1. The summed E-state index contributed by atoms with van der Waals surface area (Å²) >= 11 is 0. The zero-order valence-electron chi connectivity index (χ0n) is 16.7. The first-order chi connectivity index (χ1) is 14.9. The Morgan fingerprint density at radius 3 is 1.80 bits per heavy atom. The molecule has 0 spiro atoms. The van der Waals surface area contributed by atoms with Crippen LogP contribution in [0.3, 0.4) is 0 Å². The van der Waals surface area contributed by atoms with Gasteiger partial charge in [0.2, 0.25) is 0 Å².